The van der Waals surface area contributed by atoms with Crippen LogP contribution in [0.2, 0.25) is 0 Å². The molecule has 0 aliphatic carbocycles. The fourth-order valence-electron chi connectivity index (χ4n) is 6.58. The second-order valence-corrected chi connectivity index (χ2v) is 15.7. The average Bonchev–Trinajstić information content (AvgIpc) is 3.17. The van der Waals surface area contributed by atoms with Gasteiger partial charge < -0.3 is 14.2 Å². The number of carbonyl (C=O) groups is 3. The summed E-state index contributed by atoms with van der Waals surface area (Å²) in [7, 11) is 0. The summed E-state index contributed by atoms with van der Waals surface area (Å²) in [6.45, 7) is 6.55. The Morgan fingerprint density at radius 3 is 0.981 bits per heavy atom. The molecule has 0 aliphatic heterocycles. The Bertz CT molecular complexity index is 880. The van der Waals surface area contributed by atoms with Gasteiger partial charge in [-0.15, -0.1) is 0 Å². The molecule has 0 spiro atoms. The third kappa shape index (κ3) is 41.1. The highest BCUT2D eigenvalue weighted by Crippen LogP contribution is 2.15. The number of ether oxygens (including phenoxy) is 3. The molecule has 0 saturated carbocycles. The summed E-state index contributed by atoms with van der Waals surface area (Å²) in [5, 5.41) is 0. The number of hydrogen-bond acceptors (Lipinski definition) is 6. The van der Waals surface area contributed by atoms with Crippen molar-refractivity contribution in [2.45, 2.75) is 252 Å². The number of carbonyl (C=O) groups excluding carboxylic acids is 3. The molecule has 0 N–H and O–H groups in total. The Hall–Kier alpha value is -2.11. The van der Waals surface area contributed by atoms with Gasteiger partial charge in [-0.3, -0.25) is 14.4 Å². The van der Waals surface area contributed by atoms with Gasteiger partial charge in [-0.2, -0.15) is 0 Å². The van der Waals surface area contributed by atoms with E-state index in [0.29, 0.717) is 19.3 Å². The zero-order chi connectivity index (χ0) is 39.4. The van der Waals surface area contributed by atoms with Crippen LogP contribution in [0.15, 0.2) is 24.3 Å². The Labute approximate surface area is 334 Å². The summed E-state index contributed by atoms with van der Waals surface area (Å²) in [6.07, 6.45) is 47.3. The lowest BCUT2D eigenvalue weighted by atomic mass is 10.0. The molecular weight excluding hydrogens is 673 g/mol. The van der Waals surface area contributed by atoms with Gasteiger partial charge in [0.2, 0.25) is 0 Å². The first kappa shape index (κ1) is 51.9. The molecule has 0 bridgehead atoms. The molecule has 0 unspecified atom stereocenters. The maximum Gasteiger partial charge on any atom is 0.306 e. The summed E-state index contributed by atoms with van der Waals surface area (Å²) >= 11 is 0. The monoisotopic (exact) mass is 761 g/mol. The highest BCUT2D eigenvalue weighted by molar-refractivity contribution is 5.71. The van der Waals surface area contributed by atoms with Crippen LogP contribution in [0.25, 0.3) is 0 Å². The Balaban J connectivity index is 4.35. The molecule has 0 saturated heterocycles. The van der Waals surface area contributed by atoms with E-state index in [1.165, 1.54) is 128 Å². The zero-order valence-electron chi connectivity index (χ0n) is 36.0. The smallest absolute Gasteiger partial charge is 0.306 e. The largest absolute Gasteiger partial charge is 0.462 e. The summed E-state index contributed by atoms with van der Waals surface area (Å²) in [5.74, 6) is -0.889. The van der Waals surface area contributed by atoms with Gasteiger partial charge in [0.1, 0.15) is 13.2 Å². The number of hydrogen-bond donors (Lipinski definition) is 0. The van der Waals surface area contributed by atoms with Crippen LogP contribution >= 0.6 is 0 Å². The lowest BCUT2D eigenvalue weighted by molar-refractivity contribution is -0.167. The van der Waals surface area contributed by atoms with Gasteiger partial charge in [0.05, 0.1) is 0 Å². The van der Waals surface area contributed by atoms with Gasteiger partial charge in [0.25, 0.3) is 0 Å². The molecule has 6 nitrogen and oxygen atoms in total. The third-order valence-electron chi connectivity index (χ3n) is 10.2. The van der Waals surface area contributed by atoms with Crippen molar-refractivity contribution >= 4 is 17.9 Å². The quantitative estimate of drug-likeness (QED) is 0.0267. The zero-order valence-corrected chi connectivity index (χ0v) is 36.0. The number of unbranched alkanes of at least 4 members (excludes halogenated alkanes) is 27. The average molecular weight is 761 g/mol. The number of esters is 3. The van der Waals surface area contributed by atoms with Gasteiger partial charge in [-0.05, 0) is 57.8 Å². The maximum atomic E-state index is 12.7. The van der Waals surface area contributed by atoms with Crippen molar-refractivity contribution in [1.29, 1.82) is 0 Å². The maximum absolute atomic E-state index is 12.7. The normalized spacial score (nSPS) is 12.1. The highest BCUT2D eigenvalue weighted by Gasteiger charge is 2.19. The van der Waals surface area contributed by atoms with E-state index in [0.717, 1.165) is 77.0 Å². The molecule has 0 aromatic carbocycles. The molecule has 0 aromatic rings. The van der Waals surface area contributed by atoms with E-state index in [-0.39, 0.29) is 31.1 Å². The van der Waals surface area contributed by atoms with E-state index in [4.69, 9.17) is 14.2 Å². The van der Waals surface area contributed by atoms with Gasteiger partial charge in [0, 0.05) is 19.3 Å². The second-order valence-electron chi connectivity index (χ2n) is 15.7. The van der Waals surface area contributed by atoms with E-state index in [1.807, 2.05) is 0 Å². The molecule has 0 heterocycles. The summed E-state index contributed by atoms with van der Waals surface area (Å²) in [4.78, 5) is 37.7. The first-order valence-electron chi connectivity index (χ1n) is 23.3. The van der Waals surface area contributed by atoms with Gasteiger partial charge in [0.15, 0.2) is 6.10 Å². The second kappa shape index (κ2) is 43.6. The predicted octanol–water partition coefficient (Wildman–Crippen LogP) is 14.8. The molecule has 0 aliphatic rings. The molecule has 316 valence electrons. The SMILES string of the molecule is CCCC/C=C\CCCCCCCC(=O)OC[C@H](COC(=O)CCCCCCCCCCCCCCCC)OC(=O)CCCCCCC/C=C\CCCC. The highest BCUT2D eigenvalue weighted by atomic mass is 16.6. The van der Waals surface area contributed by atoms with Crippen molar-refractivity contribution in [2.24, 2.45) is 0 Å². The van der Waals surface area contributed by atoms with E-state index in [2.05, 4.69) is 45.1 Å². The first-order chi connectivity index (χ1) is 26.5. The molecule has 6 heteroatoms. The summed E-state index contributed by atoms with van der Waals surface area (Å²) < 4.78 is 16.7. The van der Waals surface area contributed by atoms with Crippen LogP contribution in [0, 0.1) is 0 Å². The van der Waals surface area contributed by atoms with Crippen LogP contribution in [0.3, 0.4) is 0 Å². The standard InChI is InChI=1S/C48H88O6/c1-4-7-10-13-16-19-22-23-24-27-29-32-35-38-41-47(50)53-44-45(54-48(51)42-39-36-33-30-26-21-18-15-12-9-6-3)43-52-46(49)40-37-34-31-28-25-20-17-14-11-8-5-2/h14-15,17-18,45H,4-13,16,19-44H2,1-3H3/b17-14-,18-15-/t45-/m1/s1. The minimum atomic E-state index is -0.772. The number of allylic oxidation sites excluding steroid dienone is 4. The van der Waals surface area contributed by atoms with Crippen molar-refractivity contribution < 1.29 is 28.6 Å². The summed E-state index contributed by atoms with van der Waals surface area (Å²) in [5.41, 5.74) is 0. The van der Waals surface area contributed by atoms with Crippen molar-refractivity contribution in [2.75, 3.05) is 13.2 Å². The lowest BCUT2D eigenvalue weighted by Crippen LogP contribution is -2.30. The fraction of sp³-hybridized carbons (Fsp3) is 0.854. The minimum Gasteiger partial charge on any atom is -0.462 e. The van der Waals surface area contributed by atoms with E-state index in [9.17, 15) is 14.4 Å². The molecule has 0 rings (SSSR count). The van der Waals surface area contributed by atoms with Crippen LogP contribution in [-0.2, 0) is 28.6 Å². The Kier molecular flexibility index (Phi) is 41.9. The molecular formula is C48H88O6. The molecule has 0 aromatic heterocycles. The van der Waals surface area contributed by atoms with Crippen LogP contribution in [0.5, 0.6) is 0 Å². The summed E-state index contributed by atoms with van der Waals surface area (Å²) in [6, 6.07) is 0. The predicted molar refractivity (Wildman–Crippen MR) is 229 cm³/mol. The van der Waals surface area contributed by atoms with Crippen LogP contribution in [0.4, 0.5) is 0 Å². The Morgan fingerprint density at radius 1 is 0.352 bits per heavy atom. The van der Waals surface area contributed by atoms with Crippen molar-refractivity contribution in [3.8, 4) is 0 Å². The Morgan fingerprint density at radius 2 is 0.630 bits per heavy atom. The lowest BCUT2D eigenvalue weighted by Gasteiger charge is -2.18. The van der Waals surface area contributed by atoms with Gasteiger partial charge in [-0.1, -0.05) is 193 Å². The number of rotatable bonds is 42. The molecule has 0 radical (unpaired) electrons. The van der Waals surface area contributed by atoms with Gasteiger partial charge >= 0.3 is 17.9 Å². The fourth-order valence-corrected chi connectivity index (χ4v) is 6.58. The molecule has 0 fully saturated rings. The van der Waals surface area contributed by atoms with Crippen LogP contribution in [0.1, 0.15) is 245 Å². The molecule has 1 atom stereocenters. The third-order valence-corrected chi connectivity index (χ3v) is 10.2. The van der Waals surface area contributed by atoms with Gasteiger partial charge in [-0.25, -0.2) is 0 Å². The van der Waals surface area contributed by atoms with Crippen LogP contribution < -0.4 is 0 Å². The topological polar surface area (TPSA) is 78.9 Å². The van der Waals surface area contributed by atoms with E-state index < -0.39 is 6.10 Å². The minimum absolute atomic E-state index is 0.0743. The molecule has 54 heavy (non-hydrogen) atoms. The molecule has 0 amide bonds. The van der Waals surface area contributed by atoms with Crippen LogP contribution in [-0.4, -0.2) is 37.2 Å². The van der Waals surface area contributed by atoms with E-state index in [1.54, 1.807) is 0 Å². The van der Waals surface area contributed by atoms with Crippen molar-refractivity contribution in [1.82, 2.24) is 0 Å². The van der Waals surface area contributed by atoms with Crippen molar-refractivity contribution in [3.63, 3.8) is 0 Å². The van der Waals surface area contributed by atoms with Crippen molar-refractivity contribution in [3.05, 3.63) is 24.3 Å². The van der Waals surface area contributed by atoms with E-state index >= 15 is 0 Å². The first-order valence-corrected chi connectivity index (χ1v) is 23.3.